The number of nitrogens with zero attached hydrogens (tertiary/aromatic N) is 3. The zero-order chi connectivity index (χ0) is 23.9. The van der Waals surface area contributed by atoms with E-state index in [9.17, 15) is 4.79 Å². The van der Waals surface area contributed by atoms with E-state index in [0.717, 1.165) is 67.6 Å². The number of ether oxygens (including phenoxy) is 1. The summed E-state index contributed by atoms with van der Waals surface area (Å²) in [6.45, 7) is 7.40. The minimum Gasteiger partial charge on any atom is -0.494 e. The van der Waals surface area contributed by atoms with Gasteiger partial charge in [0.1, 0.15) is 5.75 Å². The molecule has 2 aliphatic rings. The monoisotopic (exact) mass is 490 g/mol. The number of carbonyl (C=O) groups is 1. The van der Waals surface area contributed by atoms with E-state index in [-0.39, 0.29) is 5.91 Å². The van der Waals surface area contributed by atoms with Gasteiger partial charge in [0, 0.05) is 29.9 Å². The molecule has 0 radical (unpaired) electrons. The number of unbranched alkanes of at least 4 members (excludes halogenated alkanes) is 2. The van der Waals surface area contributed by atoms with E-state index in [2.05, 4.69) is 51.5 Å². The summed E-state index contributed by atoms with van der Waals surface area (Å²) in [7, 11) is 0. The summed E-state index contributed by atoms with van der Waals surface area (Å²) in [5, 5.41) is 4.11. The fourth-order valence-electron chi connectivity index (χ4n) is 4.78. The molecule has 184 valence electrons. The first-order chi connectivity index (χ1) is 17.2. The van der Waals surface area contributed by atoms with Crippen LogP contribution >= 0.6 is 11.8 Å². The molecule has 1 amide bonds. The Morgan fingerprint density at radius 1 is 0.943 bits per heavy atom. The van der Waals surface area contributed by atoms with E-state index >= 15 is 0 Å². The molecule has 7 heteroatoms. The van der Waals surface area contributed by atoms with Crippen LogP contribution in [-0.4, -0.2) is 65.8 Å². The normalized spacial score (nSPS) is 17.1. The first-order valence-corrected chi connectivity index (χ1v) is 13.7. The second-order valence-corrected chi connectivity index (χ2v) is 10.4. The van der Waals surface area contributed by atoms with Crippen LogP contribution in [0.15, 0.2) is 59.5 Å². The second kappa shape index (κ2) is 11.9. The maximum atomic E-state index is 11.5. The van der Waals surface area contributed by atoms with Crippen LogP contribution in [0.1, 0.15) is 31.4 Å². The summed E-state index contributed by atoms with van der Waals surface area (Å²) in [6.07, 6.45) is 4.67. The number of pyridine rings is 1. The highest BCUT2D eigenvalue weighted by molar-refractivity contribution is 8.00. The lowest BCUT2D eigenvalue weighted by atomic mass is 10.2. The number of hydrogen-bond donors (Lipinski definition) is 1. The predicted molar refractivity (Wildman–Crippen MR) is 143 cm³/mol. The van der Waals surface area contributed by atoms with Crippen molar-refractivity contribution >= 4 is 34.3 Å². The van der Waals surface area contributed by atoms with Crippen LogP contribution in [0.25, 0.3) is 10.9 Å². The number of nitrogens with one attached hydrogen (secondary N) is 1. The number of amides is 1. The largest absolute Gasteiger partial charge is 0.494 e. The standard InChI is InChI=1S/C28H34N4O2S/c33-28-21-35-27-19-24(11-12-26(27)30-28)34-18-5-1-4-13-31-14-6-15-32(17-16-31)20-23-10-9-22-7-2-3-8-25(22)29-23/h2-3,7-12,19H,1,4-6,13-18,20-21H2,(H,30,33). The molecule has 1 aromatic heterocycles. The van der Waals surface area contributed by atoms with Gasteiger partial charge in [0.05, 0.1) is 29.3 Å². The summed E-state index contributed by atoms with van der Waals surface area (Å²) in [4.78, 5) is 22.6. The molecule has 0 atom stereocenters. The highest BCUT2D eigenvalue weighted by atomic mass is 32.2. The topological polar surface area (TPSA) is 57.7 Å². The van der Waals surface area contributed by atoms with Crippen LogP contribution in [-0.2, 0) is 11.3 Å². The molecule has 1 fully saturated rings. The van der Waals surface area contributed by atoms with Crippen LogP contribution in [0.5, 0.6) is 5.75 Å². The van der Waals surface area contributed by atoms with Crippen molar-refractivity contribution < 1.29 is 9.53 Å². The fourth-order valence-corrected chi connectivity index (χ4v) is 5.61. The zero-order valence-corrected chi connectivity index (χ0v) is 21.1. The van der Waals surface area contributed by atoms with Gasteiger partial charge in [-0.25, -0.2) is 0 Å². The zero-order valence-electron chi connectivity index (χ0n) is 20.2. The Hall–Kier alpha value is -2.61. The quantitative estimate of drug-likeness (QED) is 0.424. The van der Waals surface area contributed by atoms with Gasteiger partial charge in [0.15, 0.2) is 0 Å². The van der Waals surface area contributed by atoms with Gasteiger partial charge < -0.3 is 15.0 Å². The first kappa shape index (κ1) is 24.1. The van der Waals surface area contributed by atoms with E-state index in [1.165, 1.54) is 36.9 Å². The molecular formula is C28H34N4O2S. The van der Waals surface area contributed by atoms with Crippen molar-refractivity contribution in [2.45, 2.75) is 37.1 Å². The second-order valence-electron chi connectivity index (χ2n) is 9.37. The predicted octanol–water partition coefficient (Wildman–Crippen LogP) is 5.04. The maximum Gasteiger partial charge on any atom is 0.234 e. The Morgan fingerprint density at radius 2 is 1.83 bits per heavy atom. The summed E-state index contributed by atoms with van der Waals surface area (Å²) < 4.78 is 5.96. The van der Waals surface area contributed by atoms with E-state index in [0.29, 0.717) is 5.75 Å². The molecule has 0 unspecified atom stereocenters. The number of para-hydroxylation sites is 1. The lowest BCUT2D eigenvalue weighted by molar-refractivity contribution is -0.113. The molecule has 0 aliphatic carbocycles. The van der Waals surface area contributed by atoms with Gasteiger partial charge in [0.2, 0.25) is 5.91 Å². The molecule has 3 heterocycles. The SMILES string of the molecule is O=C1CSc2cc(OCCCCCN3CCCN(Cc4ccc5ccccc5n4)CC3)ccc2N1. The Balaban J connectivity index is 0.984. The van der Waals surface area contributed by atoms with E-state index in [4.69, 9.17) is 9.72 Å². The van der Waals surface area contributed by atoms with Crippen molar-refractivity contribution in [2.24, 2.45) is 0 Å². The molecule has 35 heavy (non-hydrogen) atoms. The van der Waals surface area contributed by atoms with E-state index in [1.807, 2.05) is 18.2 Å². The Bertz CT molecular complexity index is 1150. The average molecular weight is 491 g/mol. The highest BCUT2D eigenvalue weighted by Gasteiger charge is 2.17. The van der Waals surface area contributed by atoms with Crippen molar-refractivity contribution in [1.82, 2.24) is 14.8 Å². The smallest absolute Gasteiger partial charge is 0.234 e. The molecule has 1 saturated heterocycles. The molecule has 3 aromatic rings. The average Bonchev–Trinajstić information content (AvgIpc) is 3.11. The third kappa shape index (κ3) is 6.75. The van der Waals surface area contributed by atoms with Crippen LogP contribution in [0.2, 0.25) is 0 Å². The molecule has 0 bridgehead atoms. The van der Waals surface area contributed by atoms with Gasteiger partial charge in [0.25, 0.3) is 0 Å². The van der Waals surface area contributed by atoms with Crippen LogP contribution in [0.3, 0.4) is 0 Å². The van der Waals surface area contributed by atoms with Gasteiger partial charge in [-0.2, -0.15) is 0 Å². The van der Waals surface area contributed by atoms with Crippen molar-refractivity contribution in [1.29, 1.82) is 0 Å². The van der Waals surface area contributed by atoms with Gasteiger partial charge in [-0.15, -0.1) is 11.8 Å². The highest BCUT2D eigenvalue weighted by Crippen LogP contribution is 2.34. The van der Waals surface area contributed by atoms with Crippen molar-refractivity contribution in [3.63, 3.8) is 0 Å². The number of benzene rings is 2. The number of hydrogen-bond acceptors (Lipinski definition) is 6. The number of rotatable bonds is 9. The number of carbonyl (C=O) groups excluding carboxylic acids is 1. The third-order valence-electron chi connectivity index (χ3n) is 6.70. The van der Waals surface area contributed by atoms with Gasteiger partial charge in [-0.05, 0) is 75.6 Å². The van der Waals surface area contributed by atoms with Gasteiger partial charge in [-0.1, -0.05) is 24.3 Å². The number of aromatic nitrogens is 1. The lowest BCUT2D eigenvalue weighted by Gasteiger charge is -2.21. The Labute approximate surface area is 212 Å². The maximum absolute atomic E-state index is 11.5. The van der Waals surface area contributed by atoms with Crippen LogP contribution in [0.4, 0.5) is 5.69 Å². The summed E-state index contributed by atoms with van der Waals surface area (Å²) >= 11 is 1.57. The minimum atomic E-state index is 0.0650. The number of anilines is 1. The van der Waals surface area contributed by atoms with E-state index in [1.54, 1.807) is 11.8 Å². The first-order valence-electron chi connectivity index (χ1n) is 12.7. The molecule has 1 N–H and O–H groups in total. The van der Waals surface area contributed by atoms with Crippen LogP contribution in [0, 0.1) is 0 Å². The molecule has 0 saturated carbocycles. The summed E-state index contributed by atoms with van der Waals surface area (Å²) in [5.41, 5.74) is 3.15. The Morgan fingerprint density at radius 3 is 2.80 bits per heavy atom. The van der Waals surface area contributed by atoms with Gasteiger partial charge in [-0.3, -0.25) is 14.7 Å². The Kier molecular flexibility index (Phi) is 8.18. The van der Waals surface area contributed by atoms with Crippen molar-refractivity contribution in [3.8, 4) is 5.75 Å². The third-order valence-corrected chi connectivity index (χ3v) is 7.75. The fraction of sp³-hybridized carbons (Fsp3) is 0.429. The molecule has 6 nitrogen and oxygen atoms in total. The molecule has 0 spiro atoms. The summed E-state index contributed by atoms with van der Waals surface area (Å²) in [6, 6.07) is 18.6. The molecular weight excluding hydrogens is 456 g/mol. The lowest BCUT2D eigenvalue weighted by Crippen LogP contribution is -2.31. The molecule has 2 aliphatic heterocycles. The number of fused-ring (bicyclic) bond motifs is 2. The van der Waals surface area contributed by atoms with Gasteiger partial charge >= 0.3 is 0 Å². The van der Waals surface area contributed by atoms with Crippen LogP contribution < -0.4 is 10.1 Å². The van der Waals surface area contributed by atoms with E-state index < -0.39 is 0 Å². The molecule has 2 aromatic carbocycles. The number of thioether (sulfide) groups is 1. The molecule has 5 rings (SSSR count). The minimum absolute atomic E-state index is 0.0650. The van der Waals surface area contributed by atoms with Crippen molar-refractivity contribution in [2.75, 3.05) is 50.4 Å². The van der Waals surface area contributed by atoms with Crippen molar-refractivity contribution in [3.05, 3.63) is 60.3 Å². The summed E-state index contributed by atoms with van der Waals surface area (Å²) in [5.74, 6) is 1.43.